The van der Waals surface area contributed by atoms with Crippen LogP contribution in [0, 0.1) is 0 Å². The molecule has 1 unspecified atom stereocenters. The van der Waals surface area contributed by atoms with Crippen LogP contribution < -0.4 is 11.3 Å². The number of carboxylic acids is 1. The molecule has 26 heavy (non-hydrogen) atoms. The second-order valence-electron chi connectivity index (χ2n) is 5.91. The predicted molar refractivity (Wildman–Crippen MR) is 91.6 cm³/mol. The van der Waals surface area contributed by atoms with Gasteiger partial charge in [-0.1, -0.05) is 0 Å². The van der Waals surface area contributed by atoms with Crippen molar-refractivity contribution in [3.8, 4) is 0 Å². The number of H-pyrrole nitrogens is 1. The van der Waals surface area contributed by atoms with Gasteiger partial charge < -0.3 is 30.8 Å². The number of aromatic amines is 1. The highest BCUT2D eigenvalue weighted by Gasteiger charge is 2.44. The molecule has 3 heterocycles. The third-order valence-corrected chi connectivity index (χ3v) is 5.24. The van der Waals surface area contributed by atoms with E-state index in [4.69, 9.17) is 15.6 Å². The van der Waals surface area contributed by atoms with Crippen molar-refractivity contribution in [2.75, 3.05) is 11.5 Å². The van der Waals surface area contributed by atoms with Crippen LogP contribution in [0.25, 0.3) is 11.2 Å². The van der Waals surface area contributed by atoms with Gasteiger partial charge in [0.1, 0.15) is 18.2 Å². The number of nitrogens with one attached hydrogen (secondary N) is 1. The lowest BCUT2D eigenvalue weighted by Gasteiger charge is -2.16. The first-order chi connectivity index (χ1) is 12.4. The second-order valence-corrected chi connectivity index (χ2v) is 7.06. The standard InChI is InChI=1S/C14H19N5O6S/c15-6(14(23)24)1-2-26-3-7-9(20)10(21)13(25-7)19-5-18-8-11(19)16-4-17-12(8)22/h4-7,9-10,13,20-21H,1-3,15H2,(H,23,24)(H,16,17,22)/t6?,7-,9-,10-,13-/m0/s1. The van der Waals surface area contributed by atoms with Crippen LogP contribution in [0.1, 0.15) is 12.6 Å². The van der Waals surface area contributed by atoms with Crippen LogP contribution in [-0.4, -0.2) is 76.7 Å². The summed E-state index contributed by atoms with van der Waals surface area (Å²) >= 11 is 1.37. The SMILES string of the molecule is NC(CCSC[C@@H]1O[C@H](n2cnc3c(=O)[nH]cnc32)[C@@H](O)[C@H]1O)C(=O)O. The maximum atomic E-state index is 11.7. The van der Waals surface area contributed by atoms with Crippen molar-refractivity contribution in [2.24, 2.45) is 5.73 Å². The molecule has 0 saturated carbocycles. The van der Waals surface area contributed by atoms with Crippen LogP contribution in [0.15, 0.2) is 17.4 Å². The molecule has 1 aliphatic rings. The summed E-state index contributed by atoms with van der Waals surface area (Å²) in [4.78, 5) is 32.8. The van der Waals surface area contributed by atoms with Crippen LogP contribution in [0.2, 0.25) is 0 Å². The highest BCUT2D eigenvalue weighted by molar-refractivity contribution is 7.99. The number of aliphatic carboxylic acids is 1. The number of carbonyl (C=O) groups is 1. The zero-order valence-electron chi connectivity index (χ0n) is 13.6. The lowest BCUT2D eigenvalue weighted by Crippen LogP contribution is -2.33. The fourth-order valence-electron chi connectivity index (χ4n) is 2.68. The smallest absolute Gasteiger partial charge is 0.320 e. The van der Waals surface area contributed by atoms with E-state index in [1.165, 1.54) is 29.0 Å². The number of aliphatic hydroxyl groups is 2. The average molecular weight is 385 g/mol. The van der Waals surface area contributed by atoms with Crippen molar-refractivity contribution in [3.05, 3.63) is 23.0 Å². The Balaban J connectivity index is 1.65. The summed E-state index contributed by atoms with van der Waals surface area (Å²) in [6.07, 6.45) is -1.13. The maximum absolute atomic E-state index is 11.7. The zero-order valence-corrected chi connectivity index (χ0v) is 14.4. The molecule has 0 amide bonds. The summed E-state index contributed by atoms with van der Waals surface area (Å²) in [5, 5.41) is 29.3. The number of nitrogens with two attached hydrogens (primary N) is 1. The van der Waals surface area contributed by atoms with Crippen molar-refractivity contribution < 1.29 is 24.9 Å². The molecule has 11 nitrogen and oxygen atoms in total. The van der Waals surface area contributed by atoms with Crippen LogP contribution in [0.4, 0.5) is 0 Å². The lowest BCUT2D eigenvalue weighted by atomic mass is 10.1. The first-order valence-corrected chi connectivity index (χ1v) is 9.03. The molecular weight excluding hydrogens is 366 g/mol. The number of nitrogens with zero attached hydrogens (tertiary/aromatic N) is 3. The van der Waals surface area contributed by atoms with Gasteiger partial charge in [0.25, 0.3) is 5.56 Å². The Morgan fingerprint density at radius 1 is 1.42 bits per heavy atom. The van der Waals surface area contributed by atoms with E-state index >= 15 is 0 Å². The summed E-state index contributed by atoms with van der Waals surface area (Å²) in [5.41, 5.74) is 5.37. The van der Waals surface area contributed by atoms with Gasteiger partial charge in [-0.05, 0) is 12.2 Å². The van der Waals surface area contributed by atoms with E-state index in [1.807, 2.05) is 0 Å². The molecule has 142 valence electrons. The van der Waals surface area contributed by atoms with Crippen molar-refractivity contribution in [1.29, 1.82) is 0 Å². The minimum Gasteiger partial charge on any atom is -0.480 e. The Bertz CT molecular complexity index is 841. The van der Waals surface area contributed by atoms with Crippen molar-refractivity contribution >= 4 is 28.9 Å². The zero-order chi connectivity index (χ0) is 18.8. The number of ether oxygens (including phenoxy) is 1. The molecule has 1 aliphatic heterocycles. The Morgan fingerprint density at radius 2 is 2.19 bits per heavy atom. The quantitative estimate of drug-likeness (QED) is 0.344. The van der Waals surface area contributed by atoms with E-state index in [2.05, 4.69) is 15.0 Å². The number of carboxylic acid groups (broad SMARTS) is 1. The molecule has 0 aliphatic carbocycles. The van der Waals surface area contributed by atoms with E-state index in [0.29, 0.717) is 11.5 Å². The summed E-state index contributed by atoms with van der Waals surface area (Å²) in [6, 6.07) is -0.934. The molecule has 0 spiro atoms. The molecule has 12 heteroatoms. The summed E-state index contributed by atoms with van der Waals surface area (Å²) < 4.78 is 7.14. The number of hydrogen-bond acceptors (Lipinski definition) is 9. The normalized spacial score (nSPS) is 27.0. The fourth-order valence-corrected chi connectivity index (χ4v) is 3.77. The van der Waals surface area contributed by atoms with Gasteiger partial charge in [0.15, 0.2) is 17.4 Å². The Hall–Kier alpha value is -1.99. The molecule has 2 aromatic heterocycles. The van der Waals surface area contributed by atoms with Gasteiger partial charge in [0.05, 0.1) is 18.8 Å². The fraction of sp³-hybridized carbons (Fsp3) is 0.571. The number of aromatic nitrogens is 4. The second kappa shape index (κ2) is 7.72. The lowest BCUT2D eigenvalue weighted by molar-refractivity contribution is -0.138. The number of fused-ring (bicyclic) bond motifs is 1. The molecule has 6 N–H and O–H groups in total. The third-order valence-electron chi connectivity index (χ3n) is 4.15. The van der Waals surface area contributed by atoms with Gasteiger partial charge in [-0.25, -0.2) is 9.97 Å². The Morgan fingerprint density at radius 3 is 2.92 bits per heavy atom. The van der Waals surface area contributed by atoms with Gasteiger partial charge in [-0.3, -0.25) is 14.2 Å². The van der Waals surface area contributed by atoms with Crippen LogP contribution in [-0.2, 0) is 9.53 Å². The minimum absolute atomic E-state index is 0.110. The number of aliphatic hydroxyl groups excluding tert-OH is 2. The van der Waals surface area contributed by atoms with E-state index in [-0.39, 0.29) is 17.6 Å². The van der Waals surface area contributed by atoms with E-state index in [9.17, 15) is 19.8 Å². The monoisotopic (exact) mass is 385 g/mol. The van der Waals surface area contributed by atoms with Gasteiger partial charge in [0, 0.05) is 5.75 Å². The highest BCUT2D eigenvalue weighted by atomic mass is 32.2. The highest BCUT2D eigenvalue weighted by Crippen LogP contribution is 2.32. The molecule has 1 fully saturated rings. The van der Waals surface area contributed by atoms with Crippen molar-refractivity contribution in [2.45, 2.75) is 37.0 Å². The molecule has 0 radical (unpaired) electrons. The van der Waals surface area contributed by atoms with Gasteiger partial charge in [-0.15, -0.1) is 0 Å². The average Bonchev–Trinajstić information content (AvgIpc) is 3.15. The van der Waals surface area contributed by atoms with E-state index in [1.54, 1.807) is 0 Å². The first kappa shape index (κ1) is 18.8. The summed E-state index contributed by atoms with van der Waals surface area (Å²) in [7, 11) is 0. The molecule has 0 aromatic carbocycles. The number of rotatable bonds is 7. The van der Waals surface area contributed by atoms with Gasteiger partial charge in [0.2, 0.25) is 0 Å². The maximum Gasteiger partial charge on any atom is 0.320 e. The Kier molecular flexibility index (Phi) is 5.58. The molecule has 1 saturated heterocycles. The third kappa shape index (κ3) is 3.59. The first-order valence-electron chi connectivity index (χ1n) is 7.88. The number of hydrogen-bond donors (Lipinski definition) is 5. The topological polar surface area (TPSA) is 177 Å². The predicted octanol–water partition coefficient (Wildman–Crippen LogP) is -1.73. The molecule has 2 aromatic rings. The number of thioether (sulfide) groups is 1. The van der Waals surface area contributed by atoms with Crippen LogP contribution in [0.3, 0.4) is 0 Å². The summed E-state index contributed by atoms with van der Waals surface area (Å²) in [5.74, 6) is -0.235. The van der Waals surface area contributed by atoms with Crippen LogP contribution >= 0.6 is 11.8 Å². The van der Waals surface area contributed by atoms with Gasteiger partial charge in [-0.2, -0.15) is 11.8 Å². The molecule has 3 rings (SSSR count). The molecule has 5 atom stereocenters. The van der Waals surface area contributed by atoms with Crippen LogP contribution in [0.5, 0.6) is 0 Å². The summed E-state index contributed by atoms with van der Waals surface area (Å²) in [6.45, 7) is 0. The molecular formula is C14H19N5O6S. The number of imidazole rings is 1. The van der Waals surface area contributed by atoms with E-state index < -0.39 is 42.1 Å². The van der Waals surface area contributed by atoms with Gasteiger partial charge >= 0.3 is 5.97 Å². The minimum atomic E-state index is -1.22. The largest absolute Gasteiger partial charge is 0.480 e. The van der Waals surface area contributed by atoms with E-state index in [0.717, 1.165) is 0 Å². The Labute approximate surface area is 151 Å². The van der Waals surface area contributed by atoms with Crippen molar-refractivity contribution in [1.82, 2.24) is 19.5 Å². The molecule has 0 bridgehead atoms. The van der Waals surface area contributed by atoms with Crippen molar-refractivity contribution in [3.63, 3.8) is 0 Å².